The number of hydrogen-bond donors (Lipinski definition) is 0. The molecule has 2 aliphatic carbocycles. The number of benzene rings is 1. The molecule has 3 heterocycles. The van der Waals surface area contributed by atoms with E-state index >= 15 is 0 Å². The molecular weight excluding hydrogens is 472 g/mol. The summed E-state index contributed by atoms with van der Waals surface area (Å²) in [5, 5.41) is 16.9. The zero-order valence-electron chi connectivity index (χ0n) is 22.9. The van der Waals surface area contributed by atoms with E-state index in [1.807, 2.05) is 24.0 Å². The van der Waals surface area contributed by atoms with Crippen molar-refractivity contribution in [3.63, 3.8) is 0 Å². The Morgan fingerprint density at radius 3 is 2.50 bits per heavy atom. The Labute approximate surface area is 226 Å². The lowest BCUT2D eigenvalue weighted by atomic mass is 9.76. The van der Waals surface area contributed by atoms with Crippen LogP contribution in [0.4, 0.5) is 5.69 Å². The van der Waals surface area contributed by atoms with Gasteiger partial charge in [0.05, 0.1) is 34.8 Å². The topological polar surface area (TPSA) is 75.8 Å². The first-order valence-electron chi connectivity index (χ1n) is 14.3. The van der Waals surface area contributed by atoms with E-state index in [4.69, 9.17) is 10.1 Å². The summed E-state index contributed by atoms with van der Waals surface area (Å²) in [5.74, 6) is 1.05. The lowest BCUT2D eigenvalue weighted by Gasteiger charge is -2.35. The van der Waals surface area contributed by atoms with Crippen molar-refractivity contribution in [3.05, 3.63) is 58.4 Å². The summed E-state index contributed by atoms with van der Waals surface area (Å²) in [6.07, 6.45) is 8.99. The van der Waals surface area contributed by atoms with Gasteiger partial charge in [-0.3, -0.25) is 9.80 Å². The van der Waals surface area contributed by atoms with Gasteiger partial charge in [0, 0.05) is 30.6 Å². The zero-order chi connectivity index (χ0) is 26.4. The van der Waals surface area contributed by atoms with E-state index in [1.165, 1.54) is 25.7 Å². The van der Waals surface area contributed by atoms with E-state index in [0.29, 0.717) is 35.2 Å². The molecule has 7 heteroatoms. The summed E-state index contributed by atoms with van der Waals surface area (Å²) < 4.78 is 0. The Bertz CT molecular complexity index is 1300. The third-order valence-corrected chi connectivity index (χ3v) is 9.38. The standard InChI is InChI=1S/C31H38N6O/c1-20-18-24(9-8-22(20)19-32)37-30(21-6-4-5-7-21)26-11-12-27-25(29(26)34-37)10-13-28(33-27)31(38)36-16-14-23(15-17-36)35(2)3/h8-10,13,18,21,23,26,30H,4-7,11-12,14-17H2,1-3H3. The smallest absolute Gasteiger partial charge is 0.272 e. The zero-order valence-corrected chi connectivity index (χ0v) is 22.9. The number of anilines is 1. The summed E-state index contributed by atoms with van der Waals surface area (Å²) >= 11 is 0. The number of rotatable bonds is 4. The lowest BCUT2D eigenvalue weighted by Crippen LogP contribution is -2.44. The molecule has 6 rings (SSSR count). The van der Waals surface area contributed by atoms with E-state index in [0.717, 1.165) is 67.0 Å². The second-order valence-corrected chi connectivity index (χ2v) is 11.8. The summed E-state index contributed by atoms with van der Waals surface area (Å²) in [6, 6.07) is 13.3. The molecular formula is C31H38N6O. The van der Waals surface area contributed by atoms with Gasteiger partial charge in [0.25, 0.3) is 5.91 Å². The average Bonchev–Trinajstić information content (AvgIpc) is 3.60. The van der Waals surface area contributed by atoms with Crippen molar-refractivity contribution in [2.75, 3.05) is 32.2 Å². The van der Waals surface area contributed by atoms with Crippen LogP contribution in [0.2, 0.25) is 0 Å². The maximum Gasteiger partial charge on any atom is 0.272 e. The van der Waals surface area contributed by atoms with E-state index in [9.17, 15) is 10.1 Å². The second-order valence-electron chi connectivity index (χ2n) is 11.8. The molecule has 1 aromatic heterocycles. The molecule has 4 aliphatic rings. The lowest BCUT2D eigenvalue weighted by molar-refractivity contribution is 0.0657. The van der Waals surface area contributed by atoms with E-state index in [1.54, 1.807) is 0 Å². The van der Waals surface area contributed by atoms with Crippen LogP contribution in [0, 0.1) is 30.1 Å². The molecule has 0 spiro atoms. The number of likely N-dealkylation sites (tertiary alicyclic amines) is 1. The molecule has 2 unspecified atom stereocenters. The fraction of sp³-hybridized carbons (Fsp3) is 0.548. The fourth-order valence-electron chi connectivity index (χ4n) is 7.21. The third-order valence-electron chi connectivity index (χ3n) is 9.38. The van der Waals surface area contributed by atoms with Crippen molar-refractivity contribution in [1.82, 2.24) is 14.8 Å². The van der Waals surface area contributed by atoms with Gasteiger partial charge in [0.15, 0.2) is 0 Å². The van der Waals surface area contributed by atoms with Crippen molar-refractivity contribution >= 4 is 17.3 Å². The summed E-state index contributed by atoms with van der Waals surface area (Å²) in [5.41, 5.74) is 6.59. The Balaban J connectivity index is 1.29. The van der Waals surface area contributed by atoms with E-state index in [-0.39, 0.29) is 5.91 Å². The number of hydrogen-bond acceptors (Lipinski definition) is 6. The average molecular weight is 511 g/mol. The van der Waals surface area contributed by atoms with Gasteiger partial charge in [-0.2, -0.15) is 10.4 Å². The summed E-state index contributed by atoms with van der Waals surface area (Å²) in [6.45, 7) is 3.58. The minimum Gasteiger partial charge on any atom is -0.337 e. The van der Waals surface area contributed by atoms with Gasteiger partial charge in [-0.1, -0.05) is 12.8 Å². The van der Waals surface area contributed by atoms with Crippen molar-refractivity contribution in [1.29, 1.82) is 5.26 Å². The predicted molar refractivity (Wildman–Crippen MR) is 149 cm³/mol. The van der Waals surface area contributed by atoms with E-state index in [2.05, 4.69) is 48.3 Å². The number of aromatic nitrogens is 1. The number of amides is 1. The number of carbonyl (C=O) groups excluding carboxylic acids is 1. The number of hydrazone groups is 1. The van der Waals surface area contributed by atoms with Gasteiger partial charge in [0.2, 0.25) is 0 Å². The number of fused-ring (bicyclic) bond motifs is 3. The SMILES string of the molecule is Cc1cc(N2N=C3c4ccc(C(=O)N5CCC(N(C)C)CC5)nc4CCC3C2C2CCCC2)ccc1C#N. The Morgan fingerprint density at radius 1 is 1.05 bits per heavy atom. The summed E-state index contributed by atoms with van der Waals surface area (Å²) in [4.78, 5) is 22.5. The van der Waals surface area contributed by atoms with Gasteiger partial charge in [-0.05, 0) is 101 Å². The van der Waals surface area contributed by atoms with Crippen molar-refractivity contribution < 1.29 is 4.79 Å². The van der Waals surface area contributed by atoms with Gasteiger partial charge < -0.3 is 9.80 Å². The van der Waals surface area contributed by atoms with Crippen LogP contribution in [-0.2, 0) is 6.42 Å². The predicted octanol–water partition coefficient (Wildman–Crippen LogP) is 4.77. The second kappa shape index (κ2) is 10.1. The minimum atomic E-state index is 0.0546. The van der Waals surface area contributed by atoms with Crippen LogP contribution in [0.5, 0.6) is 0 Å². The first-order chi connectivity index (χ1) is 18.4. The molecule has 2 aromatic rings. The van der Waals surface area contributed by atoms with Crippen molar-refractivity contribution in [2.24, 2.45) is 16.9 Å². The molecule has 2 fully saturated rings. The highest BCUT2D eigenvalue weighted by molar-refractivity contribution is 6.07. The van der Waals surface area contributed by atoms with Crippen LogP contribution < -0.4 is 5.01 Å². The highest BCUT2D eigenvalue weighted by Gasteiger charge is 2.46. The van der Waals surface area contributed by atoms with Gasteiger partial charge >= 0.3 is 0 Å². The molecule has 38 heavy (non-hydrogen) atoms. The first-order valence-corrected chi connectivity index (χ1v) is 14.3. The number of piperidine rings is 1. The van der Waals surface area contributed by atoms with E-state index < -0.39 is 0 Å². The Hall–Kier alpha value is -3.24. The molecule has 7 nitrogen and oxygen atoms in total. The number of nitriles is 1. The maximum atomic E-state index is 13.3. The van der Waals surface area contributed by atoms with Crippen molar-refractivity contribution in [2.45, 2.75) is 70.4 Å². The minimum absolute atomic E-state index is 0.0546. The van der Waals surface area contributed by atoms with Crippen molar-refractivity contribution in [3.8, 4) is 6.07 Å². The highest BCUT2D eigenvalue weighted by Crippen LogP contribution is 2.44. The largest absolute Gasteiger partial charge is 0.337 e. The first kappa shape index (κ1) is 25.1. The quantitative estimate of drug-likeness (QED) is 0.592. The van der Waals surface area contributed by atoms with Gasteiger partial charge in [-0.15, -0.1) is 0 Å². The van der Waals surface area contributed by atoms with Crippen LogP contribution in [0.25, 0.3) is 0 Å². The Morgan fingerprint density at radius 2 is 1.82 bits per heavy atom. The maximum absolute atomic E-state index is 13.3. The molecule has 1 amide bonds. The van der Waals surface area contributed by atoms with Gasteiger partial charge in [-0.25, -0.2) is 4.98 Å². The number of nitrogens with zero attached hydrogens (tertiary/aromatic N) is 6. The molecule has 0 N–H and O–H groups in total. The van der Waals surface area contributed by atoms with Crippen LogP contribution in [-0.4, -0.2) is 65.7 Å². The Kier molecular flexibility index (Phi) is 6.69. The molecule has 1 saturated heterocycles. The molecule has 1 saturated carbocycles. The molecule has 0 bridgehead atoms. The molecule has 0 radical (unpaired) electrons. The molecule has 2 aliphatic heterocycles. The monoisotopic (exact) mass is 510 g/mol. The number of pyridine rings is 1. The third kappa shape index (κ3) is 4.39. The number of carbonyl (C=O) groups is 1. The highest BCUT2D eigenvalue weighted by atomic mass is 16.2. The van der Waals surface area contributed by atoms with Crippen LogP contribution >= 0.6 is 0 Å². The fourth-order valence-corrected chi connectivity index (χ4v) is 7.21. The van der Waals surface area contributed by atoms with Crippen LogP contribution in [0.3, 0.4) is 0 Å². The van der Waals surface area contributed by atoms with Crippen LogP contribution in [0.15, 0.2) is 35.4 Å². The van der Waals surface area contributed by atoms with Gasteiger partial charge in [0.1, 0.15) is 5.69 Å². The normalized spacial score (nSPS) is 23.8. The molecule has 2 atom stereocenters. The molecule has 1 aromatic carbocycles. The van der Waals surface area contributed by atoms with Crippen LogP contribution in [0.1, 0.15) is 77.8 Å². The summed E-state index contributed by atoms with van der Waals surface area (Å²) in [7, 11) is 4.24. The molecule has 198 valence electrons. The number of aryl methyl sites for hydroxylation is 2.